The summed E-state index contributed by atoms with van der Waals surface area (Å²) >= 11 is 0. The Hall–Kier alpha value is -1.10. The van der Waals surface area contributed by atoms with E-state index in [-0.39, 0.29) is 6.47 Å². The largest absolute Gasteiger partial charge is 0.412 e. The van der Waals surface area contributed by atoms with E-state index in [1.165, 1.54) is 19.3 Å². The summed E-state index contributed by atoms with van der Waals surface area (Å²) in [5.74, 6) is 0. The van der Waals surface area contributed by atoms with Gasteiger partial charge in [0.25, 0.3) is 0 Å². The molecule has 0 heterocycles. The highest BCUT2D eigenvalue weighted by molar-refractivity contribution is 5.72. The first kappa shape index (κ1) is 13.5. The van der Waals surface area contributed by atoms with Crippen molar-refractivity contribution < 1.29 is 14.3 Å². The molecule has 12 heavy (non-hydrogen) atoms. The minimum atomic E-state index is -1.08. The normalized spacial score (nSPS) is 7.83. The van der Waals surface area contributed by atoms with Gasteiger partial charge in [-0.25, -0.2) is 4.79 Å². The number of carbonyl (C=O) groups excluding carboxylic acids is 2. The fourth-order valence-electron chi connectivity index (χ4n) is 0.442. The molecule has 5 nitrogen and oxygen atoms in total. The molecule has 0 unspecified atom stereocenters. The molecule has 4 N–H and O–H groups in total. The van der Waals surface area contributed by atoms with Gasteiger partial charge in [-0.15, -0.1) is 0 Å². The summed E-state index contributed by atoms with van der Waals surface area (Å²) in [6.45, 7) is 3.01. The van der Waals surface area contributed by atoms with Crippen molar-refractivity contribution in [3.8, 4) is 0 Å². The molecule has 1 amide bonds. The van der Waals surface area contributed by atoms with Crippen molar-refractivity contribution in [2.75, 3.05) is 6.54 Å². The van der Waals surface area contributed by atoms with Gasteiger partial charge in [0.1, 0.15) is 0 Å². The SMILES string of the molecule is CCCCCN.NC(=O)OC=O. The zero-order valence-corrected chi connectivity index (χ0v) is 7.29. The van der Waals surface area contributed by atoms with Gasteiger partial charge in [-0.1, -0.05) is 19.8 Å². The van der Waals surface area contributed by atoms with E-state index < -0.39 is 6.09 Å². The van der Waals surface area contributed by atoms with Crippen LogP contribution in [0.5, 0.6) is 0 Å². The highest BCUT2D eigenvalue weighted by Crippen LogP contribution is 1.88. The van der Waals surface area contributed by atoms with Crippen LogP contribution in [0.4, 0.5) is 4.79 Å². The van der Waals surface area contributed by atoms with Crippen molar-refractivity contribution in [2.24, 2.45) is 11.5 Å². The summed E-state index contributed by atoms with van der Waals surface area (Å²) in [6.07, 6.45) is 2.68. The molecule has 0 radical (unpaired) electrons. The third-order valence-electron chi connectivity index (χ3n) is 0.972. The van der Waals surface area contributed by atoms with E-state index in [2.05, 4.69) is 17.4 Å². The number of hydrogen-bond acceptors (Lipinski definition) is 4. The summed E-state index contributed by atoms with van der Waals surface area (Å²) < 4.78 is 3.50. The lowest BCUT2D eigenvalue weighted by Gasteiger charge is -1.86. The number of ether oxygens (including phenoxy) is 1. The van der Waals surface area contributed by atoms with Crippen LogP contribution in [0.1, 0.15) is 26.2 Å². The lowest BCUT2D eigenvalue weighted by Crippen LogP contribution is -2.10. The minimum Gasteiger partial charge on any atom is -0.379 e. The molecule has 0 rings (SSSR count). The number of carbonyl (C=O) groups is 2. The first-order valence-electron chi connectivity index (χ1n) is 3.78. The second-order valence-electron chi connectivity index (χ2n) is 2.03. The monoisotopic (exact) mass is 176 g/mol. The molecule has 0 aliphatic heterocycles. The van der Waals surface area contributed by atoms with E-state index in [4.69, 9.17) is 10.5 Å². The van der Waals surface area contributed by atoms with E-state index in [1.807, 2.05) is 0 Å². The lowest BCUT2D eigenvalue weighted by molar-refractivity contribution is -0.123. The van der Waals surface area contributed by atoms with Gasteiger partial charge in [-0.2, -0.15) is 0 Å². The maximum Gasteiger partial charge on any atom is 0.412 e. The molecule has 0 aromatic carbocycles. The van der Waals surface area contributed by atoms with Crippen molar-refractivity contribution >= 4 is 12.6 Å². The van der Waals surface area contributed by atoms with Crippen molar-refractivity contribution in [2.45, 2.75) is 26.2 Å². The fraction of sp³-hybridized carbons (Fsp3) is 0.714. The molecule has 0 spiro atoms. The second-order valence-corrected chi connectivity index (χ2v) is 2.03. The zero-order chi connectivity index (χ0) is 9.82. The second kappa shape index (κ2) is 12.6. The van der Waals surface area contributed by atoms with Gasteiger partial charge in [-0.05, 0) is 13.0 Å². The van der Waals surface area contributed by atoms with Crippen molar-refractivity contribution in [1.29, 1.82) is 0 Å². The Balaban J connectivity index is 0. The maximum absolute atomic E-state index is 9.37. The number of primary amides is 1. The van der Waals surface area contributed by atoms with Crippen LogP contribution < -0.4 is 11.5 Å². The van der Waals surface area contributed by atoms with E-state index >= 15 is 0 Å². The van der Waals surface area contributed by atoms with E-state index in [0.717, 1.165) is 6.54 Å². The molecule has 0 saturated carbocycles. The topological polar surface area (TPSA) is 95.4 Å². The van der Waals surface area contributed by atoms with Gasteiger partial charge >= 0.3 is 12.6 Å². The zero-order valence-electron chi connectivity index (χ0n) is 7.29. The van der Waals surface area contributed by atoms with Gasteiger partial charge in [0.15, 0.2) is 0 Å². The Morgan fingerprint density at radius 3 is 2.17 bits per heavy atom. The van der Waals surface area contributed by atoms with Gasteiger partial charge < -0.3 is 16.2 Å². The smallest absolute Gasteiger partial charge is 0.379 e. The molecule has 0 saturated heterocycles. The molecule has 0 bridgehead atoms. The summed E-state index contributed by atoms with van der Waals surface area (Å²) in [5, 5.41) is 0. The Morgan fingerprint density at radius 1 is 1.50 bits per heavy atom. The summed E-state index contributed by atoms with van der Waals surface area (Å²) in [7, 11) is 0. The lowest BCUT2D eigenvalue weighted by atomic mass is 10.3. The van der Waals surface area contributed by atoms with Gasteiger partial charge in [0.2, 0.25) is 0 Å². The predicted octanol–water partition coefficient (Wildman–Crippen LogP) is 0.373. The number of rotatable bonds is 4. The number of unbranched alkanes of at least 4 members (excludes halogenated alkanes) is 2. The fourth-order valence-corrected chi connectivity index (χ4v) is 0.442. The van der Waals surface area contributed by atoms with Crippen LogP contribution in [0.25, 0.3) is 0 Å². The quantitative estimate of drug-likeness (QED) is 0.367. The third-order valence-corrected chi connectivity index (χ3v) is 0.972. The van der Waals surface area contributed by atoms with Crippen LogP contribution >= 0.6 is 0 Å². The highest BCUT2D eigenvalue weighted by atomic mass is 16.6. The van der Waals surface area contributed by atoms with Crippen LogP contribution in [0, 0.1) is 0 Å². The average Bonchev–Trinajstić information content (AvgIpc) is 2.02. The molecular weight excluding hydrogens is 160 g/mol. The average molecular weight is 176 g/mol. The first-order chi connectivity index (χ1) is 5.68. The Labute approximate surface area is 72.1 Å². The van der Waals surface area contributed by atoms with Crippen molar-refractivity contribution in [1.82, 2.24) is 0 Å². The van der Waals surface area contributed by atoms with Gasteiger partial charge in [-0.3, -0.25) is 4.79 Å². The standard InChI is InChI=1S/C5H13N.C2H3NO3/c1-2-3-4-5-6;3-2(5)6-1-4/h2-6H2,1H3;1H,(H2,3,5). The summed E-state index contributed by atoms with van der Waals surface area (Å²) in [5.41, 5.74) is 9.53. The molecule has 0 atom stereocenters. The molecule has 0 aliphatic rings. The summed E-state index contributed by atoms with van der Waals surface area (Å²) in [6, 6.07) is 0. The van der Waals surface area contributed by atoms with Crippen LogP contribution in [-0.4, -0.2) is 19.1 Å². The maximum atomic E-state index is 9.37. The highest BCUT2D eigenvalue weighted by Gasteiger charge is 1.83. The summed E-state index contributed by atoms with van der Waals surface area (Å²) in [4.78, 5) is 18.5. The van der Waals surface area contributed by atoms with Crippen molar-refractivity contribution in [3.63, 3.8) is 0 Å². The number of hydrogen-bond donors (Lipinski definition) is 2. The molecule has 0 aliphatic carbocycles. The third kappa shape index (κ3) is 23.1. The van der Waals surface area contributed by atoms with Gasteiger partial charge in [0.05, 0.1) is 0 Å². The molecule has 0 aromatic rings. The minimum absolute atomic E-state index is 0.0255. The van der Waals surface area contributed by atoms with Crippen LogP contribution in [-0.2, 0) is 9.53 Å². The molecule has 0 fully saturated rings. The van der Waals surface area contributed by atoms with Crippen LogP contribution in [0.2, 0.25) is 0 Å². The molecule has 0 aromatic heterocycles. The van der Waals surface area contributed by atoms with E-state index in [9.17, 15) is 4.79 Å². The van der Waals surface area contributed by atoms with Crippen LogP contribution in [0.3, 0.4) is 0 Å². The Morgan fingerprint density at radius 2 is 2.08 bits per heavy atom. The Bertz CT molecular complexity index is 113. The van der Waals surface area contributed by atoms with Gasteiger partial charge in [0, 0.05) is 0 Å². The predicted molar refractivity (Wildman–Crippen MR) is 45.3 cm³/mol. The van der Waals surface area contributed by atoms with Crippen molar-refractivity contribution in [3.05, 3.63) is 0 Å². The van der Waals surface area contributed by atoms with E-state index in [1.54, 1.807) is 0 Å². The number of amides is 1. The molecule has 72 valence electrons. The number of nitrogens with two attached hydrogens (primary N) is 2. The first-order valence-corrected chi connectivity index (χ1v) is 3.78. The molecule has 5 heteroatoms. The van der Waals surface area contributed by atoms with Crippen LogP contribution in [0.15, 0.2) is 0 Å². The van der Waals surface area contributed by atoms with E-state index in [0.29, 0.717) is 0 Å². The molecular formula is C7H16N2O3. The Kier molecular flexibility index (Phi) is 14.1.